The molecule has 2 aliphatic heterocycles. The van der Waals surface area contributed by atoms with Gasteiger partial charge in [-0.3, -0.25) is 14.6 Å². The van der Waals surface area contributed by atoms with Crippen LogP contribution in [0.1, 0.15) is 54.0 Å². The third-order valence-electron chi connectivity index (χ3n) is 8.18. The molecule has 0 aromatic carbocycles. The van der Waals surface area contributed by atoms with Crippen molar-refractivity contribution in [1.82, 2.24) is 24.8 Å². The van der Waals surface area contributed by atoms with E-state index in [1.54, 1.807) is 0 Å². The Hall–Kier alpha value is -1.96. The number of hydrogen-bond donors (Lipinski definition) is 2. The Bertz CT molecular complexity index is 920. The SMILES string of the molecule is C=CCN(C)C(C)CN/C(C=C)=C/Cc1snc(C(=O)NC2CN3CCC34CCC24)c1CC. The molecule has 1 aromatic heterocycles. The van der Waals surface area contributed by atoms with Crippen molar-refractivity contribution in [3.63, 3.8) is 0 Å². The van der Waals surface area contributed by atoms with Crippen molar-refractivity contribution in [3.8, 4) is 0 Å². The minimum Gasteiger partial charge on any atom is -0.384 e. The van der Waals surface area contributed by atoms with E-state index in [1.807, 2.05) is 12.2 Å². The van der Waals surface area contributed by atoms with Crippen LogP contribution < -0.4 is 10.6 Å². The molecular formula is C26H39N5OS. The number of amides is 1. The summed E-state index contributed by atoms with van der Waals surface area (Å²) in [5.41, 5.74) is 3.15. The van der Waals surface area contributed by atoms with Gasteiger partial charge in [0.05, 0.1) is 0 Å². The van der Waals surface area contributed by atoms with Gasteiger partial charge < -0.3 is 10.6 Å². The van der Waals surface area contributed by atoms with Crippen LogP contribution in [-0.2, 0) is 12.8 Å². The fourth-order valence-corrected chi connectivity index (χ4v) is 6.69. The van der Waals surface area contributed by atoms with E-state index in [9.17, 15) is 4.79 Å². The maximum Gasteiger partial charge on any atom is 0.271 e. The van der Waals surface area contributed by atoms with E-state index in [4.69, 9.17) is 0 Å². The van der Waals surface area contributed by atoms with Gasteiger partial charge in [-0.2, -0.15) is 4.37 Å². The molecule has 1 aromatic rings. The molecule has 6 nitrogen and oxygen atoms in total. The van der Waals surface area contributed by atoms with E-state index in [0.29, 0.717) is 23.2 Å². The maximum absolute atomic E-state index is 13.1. The number of nitrogens with one attached hydrogen (secondary N) is 2. The highest BCUT2D eigenvalue weighted by Gasteiger charge is 2.63. The van der Waals surface area contributed by atoms with Gasteiger partial charge in [-0.05, 0) is 68.7 Å². The zero-order chi connectivity index (χ0) is 23.6. The Balaban J connectivity index is 1.36. The van der Waals surface area contributed by atoms with Crippen LogP contribution in [0.5, 0.6) is 0 Å². The molecule has 4 atom stereocenters. The fourth-order valence-electron chi connectivity index (χ4n) is 5.78. The van der Waals surface area contributed by atoms with Gasteiger partial charge in [0.25, 0.3) is 5.91 Å². The molecule has 180 valence electrons. The minimum atomic E-state index is 0.00836. The molecule has 3 heterocycles. The first kappa shape index (κ1) is 24.2. The summed E-state index contributed by atoms with van der Waals surface area (Å²) >= 11 is 1.46. The van der Waals surface area contributed by atoms with Gasteiger partial charge in [-0.15, -0.1) is 6.58 Å². The largest absolute Gasteiger partial charge is 0.384 e. The highest BCUT2D eigenvalue weighted by atomic mass is 32.1. The zero-order valence-electron chi connectivity index (χ0n) is 20.4. The van der Waals surface area contributed by atoms with Gasteiger partial charge in [0.2, 0.25) is 0 Å². The van der Waals surface area contributed by atoms with E-state index in [0.717, 1.165) is 48.6 Å². The number of hydrogen-bond acceptors (Lipinski definition) is 6. The second kappa shape index (κ2) is 10.1. The molecule has 2 N–H and O–H groups in total. The number of rotatable bonds is 12. The van der Waals surface area contributed by atoms with Crippen molar-refractivity contribution in [3.05, 3.63) is 53.2 Å². The molecule has 0 bridgehead atoms. The Morgan fingerprint density at radius 2 is 2.24 bits per heavy atom. The van der Waals surface area contributed by atoms with Gasteiger partial charge in [0.1, 0.15) is 5.69 Å². The van der Waals surface area contributed by atoms with Crippen molar-refractivity contribution in [2.24, 2.45) is 5.92 Å². The summed E-state index contributed by atoms with van der Waals surface area (Å²) in [5.74, 6) is 0.643. The lowest BCUT2D eigenvalue weighted by Gasteiger charge is -2.58. The van der Waals surface area contributed by atoms with Gasteiger partial charge in [-0.1, -0.05) is 25.7 Å². The molecule has 4 rings (SSSR count). The number of aromatic nitrogens is 1. The normalized spacial score (nSPS) is 27.2. The van der Waals surface area contributed by atoms with Crippen LogP contribution in [0.2, 0.25) is 0 Å². The number of carbonyl (C=O) groups is 1. The second-order valence-corrected chi connectivity index (χ2v) is 10.7. The smallest absolute Gasteiger partial charge is 0.271 e. The molecule has 2 saturated heterocycles. The predicted octanol–water partition coefficient (Wildman–Crippen LogP) is 3.38. The number of nitrogens with zero attached hydrogens (tertiary/aromatic N) is 3. The topological polar surface area (TPSA) is 60.5 Å². The predicted molar refractivity (Wildman–Crippen MR) is 137 cm³/mol. The summed E-state index contributed by atoms with van der Waals surface area (Å²) < 4.78 is 4.59. The lowest BCUT2D eigenvalue weighted by Crippen LogP contribution is -2.64. The van der Waals surface area contributed by atoms with Gasteiger partial charge >= 0.3 is 0 Å². The van der Waals surface area contributed by atoms with E-state index in [1.165, 1.54) is 37.3 Å². The van der Waals surface area contributed by atoms with Crippen LogP contribution in [0.25, 0.3) is 0 Å². The zero-order valence-corrected chi connectivity index (χ0v) is 21.2. The van der Waals surface area contributed by atoms with Crippen LogP contribution in [0.4, 0.5) is 0 Å². The molecule has 1 saturated carbocycles. The van der Waals surface area contributed by atoms with Gasteiger partial charge in [0, 0.05) is 60.8 Å². The van der Waals surface area contributed by atoms with E-state index < -0.39 is 0 Å². The first-order valence-corrected chi connectivity index (χ1v) is 13.1. The van der Waals surface area contributed by atoms with Gasteiger partial charge in [0.15, 0.2) is 0 Å². The molecule has 1 spiro atoms. The number of allylic oxidation sites excluding steroid dienone is 2. The monoisotopic (exact) mass is 469 g/mol. The van der Waals surface area contributed by atoms with E-state index in [2.05, 4.69) is 64.9 Å². The van der Waals surface area contributed by atoms with Gasteiger partial charge in [-0.25, -0.2) is 0 Å². The van der Waals surface area contributed by atoms with Crippen LogP contribution in [0.15, 0.2) is 37.1 Å². The maximum atomic E-state index is 13.1. The van der Waals surface area contributed by atoms with Crippen LogP contribution >= 0.6 is 11.5 Å². The van der Waals surface area contributed by atoms with E-state index in [-0.39, 0.29) is 11.9 Å². The number of likely N-dealkylation sites (N-methyl/N-ethyl adjacent to an activating group) is 1. The summed E-state index contributed by atoms with van der Waals surface area (Å²) in [6, 6.07) is 0.662. The molecule has 33 heavy (non-hydrogen) atoms. The third kappa shape index (κ3) is 4.55. The quantitative estimate of drug-likeness (QED) is 0.363. The standard InChI is InChI=1S/C26H39N5OS/c1-6-14-30(5)18(4)16-27-19(7-2)9-10-23-20(8-3)24(29-33-23)25(32)28-22-17-31-15-13-26(31)12-11-21(22)26/h6-7,9,18,21-22,27H,1-2,8,10-17H2,3-5H3,(H,28,32)/b19-9+. The van der Waals surface area contributed by atoms with Crippen LogP contribution in [0.3, 0.4) is 0 Å². The highest BCUT2D eigenvalue weighted by molar-refractivity contribution is 7.06. The summed E-state index contributed by atoms with van der Waals surface area (Å²) in [7, 11) is 2.10. The minimum absolute atomic E-state index is 0.00836. The fraction of sp³-hybridized carbons (Fsp3) is 0.615. The van der Waals surface area contributed by atoms with Crippen molar-refractivity contribution >= 4 is 17.4 Å². The van der Waals surface area contributed by atoms with Crippen molar-refractivity contribution in [2.75, 3.05) is 33.2 Å². The van der Waals surface area contributed by atoms with E-state index >= 15 is 0 Å². The first-order chi connectivity index (χ1) is 15.9. The lowest BCUT2D eigenvalue weighted by molar-refractivity contribution is -0.0676. The van der Waals surface area contributed by atoms with Crippen LogP contribution in [0, 0.1) is 5.92 Å². The Kier molecular flexibility index (Phi) is 7.41. The molecule has 1 aliphatic carbocycles. The average molecular weight is 470 g/mol. The summed E-state index contributed by atoms with van der Waals surface area (Å²) in [4.78, 5) is 19.2. The molecule has 7 heteroatoms. The Labute approximate surface area is 203 Å². The third-order valence-corrected chi connectivity index (χ3v) is 9.09. The number of carbonyl (C=O) groups excluding carboxylic acids is 1. The molecule has 4 unspecified atom stereocenters. The Morgan fingerprint density at radius 3 is 2.82 bits per heavy atom. The summed E-state index contributed by atoms with van der Waals surface area (Å²) in [6.45, 7) is 16.0. The lowest BCUT2D eigenvalue weighted by atomic mass is 9.61. The molecule has 1 amide bonds. The molecule has 3 fully saturated rings. The first-order valence-electron chi connectivity index (χ1n) is 12.3. The molecule has 3 aliphatic rings. The summed E-state index contributed by atoms with van der Waals surface area (Å²) in [6.07, 6.45) is 11.4. The molecule has 0 radical (unpaired) electrons. The van der Waals surface area contributed by atoms with Crippen molar-refractivity contribution in [1.29, 1.82) is 0 Å². The van der Waals surface area contributed by atoms with Crippen molar-refractivity contribution in [2.45, 2.75) is 63.6 Å². The molecular weight excluding hydrogens is 430 g/mol. The van der Waals surface area contributed by atoms with Crippen LogP contribution in [-0.4, -0.2) is 70.9 Å². The Morgan fingerprint density at radius 1 is 1.42 bits per heavy atom. The highest BCUT2D eigenvalue weighted by Crippen LogP contribution is 2.57. The second-order valence-electron chi connectivity index (χ2n) is 9.84. The average Bonchev–Trinajstić information content (AvgIpc) is 3.23. The summed E-state index contributed by atoms with van der Waals surface area (Å²) in [5, 5.41) is 6.84. The van der Waals surface area contributed by atoms with Crippen molar-refractivity contribution < 1.29 is 4.79 Å².